The van der Waals surface area contributed by atoms with Gasteiger partial charge in [0, 0.05) is 25.2 Å². The minimum absolute atomic E-state index is 0.0535. The van der Waals surface area contributed by atoms with Crippen molar-refractivity contribution in [3.8, 4) is 0 Å². The highest BCUT2D eigenvalue weighted by Gasteiger charge is 2.32. The summed E-state index contributed by atoms with van der Waals surface area (Å²) in [6.45, 7) is 3.38. The molecule has 0 aliphatic carbocycles. The molecule has 0 radical (unpaired) electrons. The Morgan fingerprint density at radius 1 is 1.14 bits per heavy atom. The molecule has 0 fully saturated rings. The van der Waals surface area contributed by atoms with Crippen molar-refractivity contribution in [2.24, 2.45) is 0 Å². The largest absolute Gasteiger partial charge is 0.354 e. The lowest BCUT2D eigenvalue weighted by Gasteiger charge is -2.32. The van der Waals surface area contributed by atoms with E-state index in [2.05, 4.69) is 5.32 Å². The highest BCUT2D eigenvalue weighted by atomic mass is 32.2. The third kappa shape index (κ3) is 8.01. The number of nitrogens with one attached hydrogen (secondary N) is 1. The Hall–Kier alpha value is -3.54. The average molecular weight is 523 g/mol. The first kappa shape index (κ1) is 28.7. The summed E-state index contributed by atoms with van der Waals surface area (Å²) in [4.78, 5) is 38.2. The van der Waals surface area contributed by atoms with Gasteiger partial charge in [-0.3, -0.25) is 24.0 Å². The molecule has 0 bridgehead atoms. The van der Waals surface area contributed by atoms with E-state index in [1.54, 1.807) is 6.92 Å². The molecule has 0 aromatic heterocycles. The number of amides is 2. The highest BCUT2D eigenvalue weighted by Crippen LogP contribution is 2.24. The molecule has 2 amide bonds. The first-order valence-electron chi connectivity index (χ1n) is 11.5. The van der Waals surface area contributed by atoms with E-state index in [0.717, 1.165) is 29.5 Å². The smallest absolute Gasteiger partial charge is 0.271 e. The van der Waals surface area contributed by atoms with Crippen LogP contribution in [0.3, 0.4) is 0 Å². The third-order valence-electron chi connectivity index (χ3n) is 5.49. The molecule has 0 heterocycles. The Morgan fingerprint density at radius 2 is 1.81 bits per heavy atom. The van der Waals surface area contributed by atoms with Crippen LogP contribution in [0.2, 0.25) is 0 Å². The van der Waals surface area contributed by atoms with Crippen LogP contribution in [0.5, 0.6) is 0 Å². The molecule has 1 N–H and O–H groups in total. The highest BCUT2D eigenvalue weighted by molar-refractivity contribution is 7.92. The van der Waals surface area contributed by atoms with Gasteiger partial charge < -0.3 is 10.2 Å². The van der Waals surface area contributed by atoms with Crippen LogP contribution in [-0.2, 0) is 26.2 Å². The monoisotopic (exact) mass is 522 g/mol. The number of hydrogen-bond donors (Lipinski definition) is 1. The number of carbonyl (C=O) groups excluding carboxylic acids is 2. The van der Waals surface area contributed by atoms with Crippen molar-refractivity contribution in [1.82, 2.24) is 10.2 Å². The van der Waals surface area contributed by atoms with Gasteiger partial charge in [0.05, 0.1) is 16.9 Å². The second kappa shape index (κ2) is 13.0. The molecule has 10 nitrogen and oxygen atoms in total. The number of nitro benzene ring substituents is 1. The molecule has 0 saturated carbocycles. The van der Waals surface area contributed by atoms with Gasteiger partial charge in [-0.05, 0) is 36.6 Å². The summed E-state index contributed by atoms with van der Waals surface area (Å²) in [5.74, 6) is -1.54. The molecular formula is C24H31FN4O6S. The fraction of sp³-hybridized carbons (Fsp3) is 0.417. The zero-order valence-corrected chi connectivity index (χ0v) is 21.3. The molecule has 0 aliphatic heterocycles. The lowest BCUT2D eigenvalue weighted by atomic mass is 10.1. The number of non-ortho nitro benzene ring substituents is 1. The summed E-state index contributed by atoms with van der Waals surface area (Å²) in [6.07, 6.45) is 2.75. The Labute approximate surface area is 210 Å². The number of benzene rings is 2. The van der Waals surface area contributed by atoms with Crippen molar-refractivity contribution in [2.45, 2.75) is 45.7 Å². The third-order valence-corrected chi connectivity index (χ3v) is 6.63. The molecule has 0 aliphatic rings. The number of nitro groups is 1. The van der Waals surface area contributed by atoms with E-state index in [9.17, 15) is 32.5 Å². The van der Waals surface area contributed by atoms with Gasteiger partial charge in [-0.2, -0.15) is 0 Å². The van der Waals surface area contributed by atoms with Gasteiger partial charge in [0.2, 0.25) is 21.8 Å². The van der Waals surface area contributed by atoms with Crippen LogP contribution in [0.4, 0.5) is 15.8 Å². The number of unbranched alkanes of at least 4 members (excludes halogenated alkanes) is 1. The molecule has 196 valence electrons. The predicted octanol–water partition coefficient (Wildman–Crippen LogP) is 3.22. The molecule has 2 aromatic rings. The van der Waals surface area contributed by atoms with E-state index in [1.807, 2.05) is 6.92 Å². The molecule has 1 atom stereocenters. The van der Waals surface area contributed by atoms with Crippen molar-refractivity contribution < 1.29 is 27.3 Å². The summed E-state index contributed by atoms with van der Waals surface area (Å²) in [6, 6.07) is 9.44. The SMILES string of the molecule is CCCCNC(=O)[C@H](CC)N(Cc1ccc(F)cc1)C(=O)CN(c1cccc([N+](=O)[O-])c1)S(C)(=O)=O. The summed E-state index contributed by atoms with van der Waals surface area (Å²) in [5, 5.41) is 14.0. The number of anilines is 1. The Balaban J connectivity index is 2.43. The summed E-state index contributed by atoms with van der Waals surface area (Å²) >= 11 is 0. The van der Waals surface area contributed by atoms with Crippen molar-refractivity contribution >= 4 is 33.2 Å². The summed E-state index contributed by atoms with van der Waals surface area (Å²) in [7, 11) is -4.02. The molecular weight excluding hydrogens is 491 g/mol. The van der Waals surface area contributed by atoms with Crippen LogP contribution in [-0.4, -0.2) is 55.4 Å². The summed E-state index contributed by atoms with van der Waals surface area (Å²) < 4.78 is 39.3. The van der Waals surface area contributed by atoms with Crippen LogP contribution < -0.4 is 9.62 Å². The maximum Gasteiger partial charge on any atom is 0.271 e. The van der Waals surface area contributed by atoms with Gasteiger partial charge in [-0.25, -0.2) is 12.8 Å². The number of rotatable bonds is 13. The van der Waals surface area contributed by atoms with E-state index in [-0.39, 0.29) is 30.2 Å². The number of hydrogen-bond acceptors (Lipinski definition) is 6. The van der Waals surface area contributed by atoms with Crippen LogP contribution in [0.1, 0.15) is 38.7 Å². The van der Waals surface area contributed by atoms with Crippen LogP contribution in [0.15, 0.2) is 48.5 Å². The van der Waals surface area contributed by atoms with Crippen LogP contribution in [0, 0.1) is 15.9 Å². The van der Waals surface area contributed by atoms with Gasteiger partial charge >= 0.3 is 0 Å². The van der Waals surface area contributed by atoms with Crippen molar-refractivity contribution in [1.29, 1.82) is 0 Å². The first-order chi connectivity index (χ1) is 17.0. The topological polar surface area (TPSA) is 130 Å². The quantitative estimate of drug-likeness (QED) is 0.244. The van der Waals surface area contributed by atoms with Gasteiger partial charge in [0.15, 0.2) is 0 Å². The fourth-order valence-electron chi connectivity index (χ4n) is 3.59. The maximum atomic E-state index is 13.5. The molecule has 2 rings (SSSR count). The Morgan fingerprint density at radius 3 is 2.36 bits per heavy atom. The minimum atomic E-state index is -4.02. The normalized spacial score (nSPS) is 12.0. The van der Waals surface area contributed by atoms with Crippen molar-refractivity contribution in [3.05, 3.63) is 70.0 Å². The molecule has 2 aromatic carbocycles. The van der Waals surface area contributed by atoms with E-state index >= 15 is 0 Å². The number of sulfonamides is 1. The molecule has 36 heavy (non-hydrogen) atoms. The molecule has 12 heteroatoms. The summed E-state index contributed by atoms with van der Waals surface area (Å²) in [5.41, 5.74) is 0.159. The number of halogens is 1. The van der Waals surface area contributed by atoms with E-state index in [0.29, 0.717) is 12.1 Å². The first-order valence-corrected chi connectivity index (χ1v) is 13.4. The second-order valence-electron chi connectivity index (χ2n) is 8.26. The van der Waals surface area contributed by atoms with Crippen molar-refractivity contribution in [2.75, 3.05) is 23.7 Å². The molecule has 0 unspecified atom stereocenters. The number of carbonyl (C=O) groups is 2. The number of nitrogens with zero attached hydrogens (tertiary/aromatic N) is 3. The fourth-order valence-corrected chi connectivity index (χ4v) is 4.43. The van der Waals surface area contributed by atoms with Gasteiger partial charge in [-0.15, -0.1) is 0 Å². The Bertz CT molecular complexity index is 1170. The molecule has 0 saturated heterocycles. The zero-order chi connectivity index (χ0) is 26.9. The standard InChI is InChI=1S/C24H31FN4O6S/c1-4-6-14-26-24(31)22(5-2)27(16-18-10-12-19(25)13-11-18)23(30)17-28(36(3,34)35)20-8-7-9-21(15-20)29(32)33/h7-13,15,22H,4-6,14,16-17H2,1-3H3,(H,26,31)/t22-/m0/s1. The lowest BCUT2D eigenvalue weighted by Crippen LogP contribution is -2.52. The van der Waals surface area contributed by atoms with Crippen LogP contribution >= 0.6 is 0 Å². The lowest BCUT2D eigenvalue weighted by molar-refractivity contribution is -0.384. The maximum absolute atomic E-state index is 13.5. The zero-order valence-electron chi connectivity index (χ0n) is 20.5. The predicted molar refractivity (Wildman–Crippen MR) is 134 cm³/mol. The van der Waals surface area contributed by atoms with E-state index < -0.39 is 39.3 Å². The minimum Gasteiger partial charge on any atom is -0.354 e. The van der Waals surface area contributed by atoms with E-state index in [4.69, 9.17) is 0 Å². The van der Waals surface area contributed by atoms with Gasteiger partial charge in [0.1, 0.15) is 18.4 Å². The van der Waals surface area contributed by atoms with E-state index in [1.165, 1.54) is 47.4 Å². The Kier molecular flexibility index (Phi) is 10.3. The van der Waals surface area contributed by atoms with Crippen molar-refractivity contribution in [3.63, 3.8) is 0 Å². The molecule has 0 spiro atoms. The van der Waals surface area contributed by atoms with Crippen LogP contribution in [0.25, 0.3) is 0 Å². The average Bonchev–Trinajstić information content (AvgIpc) is 2.83. The van der Waals surface area contributed by atoms with Gasteiger partial charge in [0.25, 0.3) is 5.69 Å². The van der Waals surface area contributed by atoms with Gasteiger partial charge in [-0.1, -0.05) is 38.5 Å². The second-order valence-corrected chi connectivity index (χ2v) is 10.2.